The van der Waals surface area contributed by atoms with Gasteiger partial charge in [0.15, 0.2) is 11.8 Å². The number of nitrogens with zero attached hydrogens (tertiary/aromatic N) is 4. The van der Waals surface area contributed by atoms with Gasteiger partial charge < -0.3 is 15.4 Å². The largest absolute Gasteiger partial charge is 0.489 e. The van der Waals surface area contributed by atoms with Crippen LogP contribution < -0.4 is 15.4 Å². The van der Waals surface area contributed by atoms with Gasteiger partial charge in [-0.3, -0.25) is 4.99 Å². The number of hydrogen-bond donors (Lipinski definition) is 2. The first kappa shape index (κ1) is 21.4. The second-order valence-corrected chi connectivity index (χ2v) is 7.42. The standard InChI is InChI=1S/C23H30N6O/c1-16-7-6-8-21(11-16)30-19(4)13-26-23(24-5)27-15-20-9-10-22(25-14-20)29-18(3)12-17(2)28-29/h6-12,14,19H,13,15H2,1-5H3,(H2,24,26,27). The molecule has 0 radical (unpaired) electrons. The molecule has 7 nitrogen and oxygen atoms in total. The molecule has 2 heterocycles. The molecule has 0 amide bonds. The molecular weight excluding hydrogens is 376 g/mol. The fourth-order valence-corrected chi connectivity index (χ4v) is 3.12. The van der Waals surface area contributed by atoms with Gasteiger partial charge in [-0.05, 0) is 63.1 Å². The topological polar surface area (TPSA) is 76.4 Å². The van der Waals surface area contributed by atoms with Crippen molar-refractivity contribution in [2.75, 3.05) is 13.6 Å². The fraction of sp³-hybridized carbons (Fsp3) is 0.348. The minimum absolute atomic E-state index is 0.00654. The summed E-state index contributed by atoms with van der Waals surface area (Å²) in [5.74, 6) is 2.41. The highest BCUT2D eigenvalue weighted by Crippen LogP contribution is 2.14. The Morgan fingerprint density at radius 1 is 1.13 bits per heavy atom. The Labute approximate surface area is 178 Å². The highest BCUT2D eigenvalue weighted by molar-refractivity contribution is 5.79. The predicted molar refractivity (Wildman–Crippen MR) is 120 cm³/mol. The second-order valence-electron chi connectivity index (χ2n) is 7.42. The molecule has 0 aliphatic heterocycles. The van der Waals surface area contributed by atoms with Crippen LogP contribution in [0.2, 0.25) is 0 Å². The zero-order valence-corrected chi connectivity index (χ0v) is 18.3. The third kappa shape index (κ3) is 5.83. The van der Waals surface area contributed by atoms with Crippen molar-refractivity contribution < 1.29 is 4.74 Å². The Bertz CT molecular complexity index is 993. The Balaban J connectivity index is 1.48. The van der Waals surface area contributed by atoms with Gasteiger partial charge in [0, 0.05) is 25.5 Å². The third-order valence-electron chi connectivity index (χ3n) is 4.60. The lowest BCUT2D eigenvalue weighted by atomic mass is 10.2. The quantitative estimate of drug-likeness (QED) is 0.465. The minimum Gasteiger partial charge on any atom is -0.489 e. The van der Waals surface area contributed by atoms with Crippen LogP contribution in [0.5, 0.6) is 5.75 Å². The number of ether oxygens (including phenoxy) is 1. The Kier molecular flexibility index (Phi) is 7.06. The van der Waals surface area contributed by atoms with Crippen molar-refractivity contribution in [3.8, 4) is 11.6 Å². The van der Waals surface area contributed by atoms with Gasteiger partial charge in [0.1, 0.15) is 11.9 Å². The maximum Gasteiger partial charge on any atom is 0.191 e. The molecule has 0 aliphatic carbocycles. The van der Waals surface area contributed by atoms with Crippen LogP contribution in [0, 0.1) is 20.8 Å². The van der Waals surface area contributed by atoms with Gasteiger partial charge in [-0.15, -0.1) is 0 Å². The van der Waals surface area contributed by atoms with E-state index in [2.05, 4.69) is 38.7 Å². The summed E-state index contributed by atoms with van der Waals surface area (Å²) in [6.07, 6.45) is 1.86. The van der Waals surface area contributed by atoms with Crippen LogP contribution in [0.4, 0.5) is 0 Å². The number of rotatable bonds is 7. The molecule has 30 heavy (non-hydrogen) atoms. The molecule has 7 heteroatoms. The van der Waals surface area contributed by atoms with E-state index in [1.165, 1.54) is 5.56 Å². The Morgan fingerprint density at radius 3 is 2.60 bits per heavy atom. The number of pyridine rings is 1. The smallest absolute Gasteiger partial charge is 0.191 e. The molecule has 0 aliphatic rings. The van der Waals surface area contributed by atoms with E-state index < -0.39 is 0 Å². The molecule has 3 aromatic rings. The summed E-state index contributed by atoms with van der Waals surface area (Å²) in [6, 6.07) is 14.1. The van der Waals surface area contributed by atoms with Crippen LogP contribution in [0.15, 0.2) is 53.7 Å². The van der Waals surface area contributed by atoms with Crippen molar-refractivity contribution in [2.45, 2.75) is 40.3 Å². The van der Waals surface area contributed by atoms with Gasteiger partial charge in [-0.25, -0.2) is 9.67 Å². The van der Waals surface area contributed by atoms with E-state index in [0.717, 1.165) is 34.5 Å². The van der Waals surface area contributed by atoms with Crippen molar-refractivity contribution in [1.82, 2.24) is 25.4 Å². The molecule has 0 saturated carbocycles. The number of nitrogens with one attached hydrogen (secondary N) is 2. The number of aryl methyl sites for hydroxylation is 3. The summed E-state index contributed by atoms with van der Waals surface area (Å²) in [4.78, 5) is 8.82. The van der Waals surface area contributed by atoms with Gasteiger partial charge in [0.25, 0.3) is 0 Å². The van der Waals surface area contributed by atoms with Crippen LogP contribution in [-0.2, 0) is 6.54 Å². The van der Waals surface area contributed by atoms with Crippen LogP contribution in [-0.4, -0.2) is 40.4 Å². The summed E-state index contributed by atoms with van der Waals surface area (Å²) in [6.45, 7) is 9.36. The molecule has 0 fully saturated rings. The van der Waals surface area contributed by atoms with E-state index >= 15 is 0 Å². The third-order valence-corrected chi connectivity index (χ3v) is 4.60. The van der Waals surface area contributed by atoms with E-state index in [1.807, 2.05) is 68.0 Å². The number of aromatic nitrogens is 3. The summed E-state index contributed by atoms with van der Waals surface area (Å²) < 4.78 is 7.81. The lowest BCUT2D eigenvalue weighted by Crippen LogP contribution is -2.41. The van der Waals surface area contributed by atoms with Crippen LogP contribution in [0.25, 0.3) is 5.82 Å². The SMILES string of the molecule is CN=C(NCc1ccc(-n2nc(C)cc2C)nc1)NCC(C)Oc1cccc(C)c1. The Hall–Kier alpha value is -3.35. The summed E-state index contributed by atoms with van der Waals surface area (Å²) >= 11 is 0. The average molecular weight is 407 g/mol. The van der Waals surface area contributed by atoms with E-state index in [1.54, 1.807) is 7.05 Å². The first-order valence-corrected chi connectivity index (χ1v) is 10.1. The van der Waals surface area contributed by atoms with Crippen molar-refractivity contribution >= 4 is 5.96 Å². The Morgan fingerprint density at radius 2 is 1.97 bits per heavy atom. The zero-order chi connectivity index (χ0) is 21.5. The van der Waals surface area contributed by atoms with Crippen molar-refractivity contribution in [2.24, 2.45) is 4.99 Å². The first-order chi connectivity index (χ1) is 14.4. The highest BCUT2D eigenvalue weighted by atomic mass is 16.5. The second kappa shape index (κ2) is 9.91. The number of benzene rings is 1. The van der Waals surface area contributed by atoms with Crippen LogP contribution >= 0.6 is 0 Å². The predicted octanol–water partition coefficient (Wildman–Crippen LogP) is 3.33. The lowest BCUT2D eigenvalue weighted by molar-refractivity contribution is 0.223. The number of aliphatic imine (C=N–C) groups is 1. The van der Waals surface area contributed by atoms with E-state index in [0.29, 0.717) is 13.1 Å². The van der Waals surface area contributed by atoms with Gasteiger partial charge in [0.05, 0.1) is 12.2 Å². The summed E-state index contributed by atoms with van der Waals surface area (Å²) in [7, 11) is 1.76. The first-order valence-electron chi connectivity index (χ1n) is 10.1. The minimum atomic E-state index is 0.00654. The highest BCUT2D eigenvalue weighted by Gasteiger charge is 2.07. The molecule has 2 aromatic heterocycles. The number of guanidine groups is 1. The lowest BCUT2D eigenvalue weighted by Gasteiger charge is -2.18. The van der Waals surface area contributed by atoms with E-state index in [4.69, 9.17) is 4.74 Å². The molecule has 1 unspecified atom stereocenters. The molecule has 1 aromatic carbocycles. The molecule has 1 atom stereocenters. The van der Waals surface area contributed by atoms with Crippen LogP contribution in [0.1, 0.15) is 29.4 Å². The fourth-order valence-electron chi connectivity index (χ4n) is 3.12. The van der Waals surface area contributed by atoms with Crippen molar-refractivity contribution in [3.05, 3.63) is 71.2 Å². The summed E-state index contributed by atoms with van der Waals surface area (Å²) in [5, 5.41) is 11.1. The molecule has 3 rings (SSSR count). The molecule has 0 spiro atoms. The maximum atomic E-state index is 5.96. The molecule has 2 N–H and O–H groups in total. The van der Waals surface area contributed by atoms with Gasteiger partial charge in [-0.2, -0.15) is 5.10 Å². The van der Waals surface area contributed by atoms with Gasteiger partial charge >= 0.3 is 0 Å². The average Bonchev–Trinajstić information content (AvgIpc) is 3.06. The molecule has 158 valence electrons. The monoisotopic (exact) mass is 406 g/mol. The molecular formula is C23H30N6O. The molecule has 0 saturated heterocycles. The zero-order valence-electron chi connectivity index (χ0n) is 18.3. The maximum absolute atomic E-state index is 5.96. The van der Waals surface area contributed by atoms with Crippen molar-refractivity contribution in [3.63, 3.8) is 0 Å². The van der Waals surface area contributed by atoms with Gasteiger partial charge in [-0.1, -0.05) is 18.2 Å². The summed E-state index contributed by atoms with van der Waals surface area (Å²) in [5.41, 5.74) is 4.29. The number of hydrogen-bond acceptors (Lipinski definition) is 4. The van der Waals surface area contributed by atoms with Gasteiger partial charge in [0.2, 0.25) is 0 Å². The van der Waals surface area contributed by atoms with E-state index in [-0.39, 0.29) is 6.10 Å². The van der Waals surface area contributed by atoms with E-state index in [9.17, 15) is 0 Å². The normalized spacial score (nSPS) is 12.5. The van der Waals surface area contributed by atoms with Crippen LogP contribution in [0.3, 0.4) is 0 Å². The molecule has 0 bridgehead atoms. The van der Waals surface area contributed by atoms with Crippen molar-refractivity contribution in [1.29, 1.82) is 0 Å².